The van der Waals surface area contributed by atoms with Crippen LogP contribution in [0.3, 0.4) is 0 Å². The molecular weight excluding hydrogens is 314 g/mol. The number of carbonyl (C=O) groups excluding carboxylic acids is 1. The van der Waals surface area contributed by atoms with Crippen LogP contribution in [-0.2, 0) is 0 Å². The summed E-state index contributed by atoms with van der Waals surface area (Å²) >= 11 is 0. The van der Waals surface area contributed by atoms with Crippen molar-refractivity contribution in [2.75, 3.05) is 14.2 Å². The first kappa shape index (κ1) is 16.8. The highest BCUT2D eigenvalue weighted by molar-refractivity contribution is 6.07. The lowest BCUT2D eigenvalue weighted by atomic mass is 10.0. The SMILES string of the molecule is COc1ccc(OC)c([C@@H](C)NC(=O)c2cccc3ccccc23)c1. The molecule has 0 unspecified atom stereocenters. The summed E-state index contributed by atoms with van der Waals surface area (Å²) in [6, 6.07) is 18.9. The van der Waals surface area contributed by atoms with E-state index < -0.39 is 0 Å². The second-order valence-corrected chi connectivity index (χ2v) is 5.83. The summed E-state index contributed by atoms with van der Waals surface area (Å²) in [4.78, 5) is 12.8. The molecule has 3 aromatic rings. The standard InChI is InChI=1S/C21H21NO3/c1-14(19-13-16(24-2)11-12-20(19)25-3)22-21(23)18-10-6-8-15-7-4-5-9-17(15)18/h4-14H,1-3H3,(H,22,23)/t14-/m1/s1. The van der Waals surface area contributed by atoms with Gasteiger partial charge in [0, 0.05) is 11.1 Å². The first-order valence-electron chi connectivity index (χ1n) is 8.14. The molecule has 1 atom stereocenters. The molecule has 128 valence electrons. The molecule has 0 aliphatic rings. The van der Waals surface area contributed by atoms with E-state index in [1.165, 1.54) is 0 Å². The van der Waals surface area contributed by atoms with Gasteiger partial charge in [0.05, 0.1) is 20.3 Å². The molecule has 0 radical (unpaired) electrons. The third-order valence-corrected chi connectivity index (χ3v) is 4.29. The number of rotatable bonds is 5. The summed E-state index contributed by atoms with van der Waals surface area (Å²) in [7, 11) is 3.23. The maximum absolute atomic E-state index is 12.8. The zero-order valence-corrected chi connectivity index (χ0v) is 14.6. The Hall–Kier alpha value is -3.01. The molecule has 1 N–H and O–H groups in total. The average molecular weight is 335 g/mol. The lowest BCUT2D eigenvalue weighted by Gasteiger charge is -2.19. The van der Waals surface area contributed by atoms with Crippen molar-refractivity contribution in [3.8, 4) is 11.5 Å². The molecule has 4 nitrogen and oxygen atoms in total. The van der Waals surface area contributed by atoms with Gasteiger partial charge in [0.25, 0.3) is 5.91 Å². The number of carbonyl (C=O) groups is 1. The number of hydrogen-bond acceptors (Lipinski definition) is 3. The van der Waals surface area contributed by atoms with Crippen LogP contribution >= 0.6 is 0 Å². The number of ether oxygens (including phenoxy) is 2. The van der Waals surface area contributed by atoms with Gasteiger partial charge in [-0.1, -0.05) is 36.4 Å². The zero-order valence-electron chi connectivity index (χ0n) is 14.6. The van der Waals surface area contributed by atoms with Gasteiger partial charge in [-0.05, 0) is 42.0 Å². The predicted molar refractivity (Wildman–Crippen MR) is 99.4 cm³/mol. The second kappa shape index (κ2) is 7.26. The van der Waals surface area contributed by atoms with E-state index in [2.05, 4.69) is 5.32 Å². The summed E-state index contributed by atoms with van der Waals surface area (Å²) < 4.78 is 10.7. The number of amides is 1. The van der Waals surface area contributed by atoms with Gasteiger partial charge in [0.15, 0.2) is 0 Å². The minimum Gasteiger partial charge on any atom is -0.497 e. The van der Waals surface area contributed by atoms with E-state index in [9.17, 15) is 4.79 Å². The minimum absolute atomic E-state index is 0.117. The van der Waals surface area contributed by atoms with E-state index in [0.717, 1.165) is 22.1 Å². The molecule has 3 aromatic carbocycles. The van der Waals surface area contributed by atoms with Crippen molar-refractivity contribution in [1.82, 2.24) is 5.32 Å². The van der Waals surface area contributed by atoms with Crippen LogP contribution in [0.5, 0.6) is 11.5 Å². The van der Waals surface area contributed by atoms with Crippen LogP contribution in [0.25, 0.3) is 10.8 Å². The van der Waals surface area contributed by atoms with Crippen LogP contribution in [0.15, 0.2) is 60.7 Å². The Bertz CT molecular complexity index is 899. The number of fused-ring (bicyclic) bond motifs is 1. The third-order valence-electron chi connectivity index (χ3n) is 4.29. The van der Waals surface area contributed by atoms with Crippen molar-refractivity contribution >= 4 is 16.7 Å². The summed E-state index contributed by atoms with van der Waals surface area (Å²) in [5, 5.41) is 5.04. The molecule has 1 amide bonds. The Kier molecular flexibility index (Phi) is 4.89. The Morgan fingerprint density at radius 3 is 2.48 bits per heavy atom. The lowest BCUT2D eigenvalue weighted by molar-refractivity contribution is 0.0941. The van der Waals surface area contributed by atoms with E-state index >= 15 is 0 Å². The molecule has 0 bridgehead atoms. The summed E-state index contributed by atoms with van der Waals surface area (Å²) in [6.07, 6.45) is 0. The zero-order chi connectivity index (χ0) is 17.8. The van der Waals surface area contributed by atoms with E-state index in [0.29, 0.717) is 11.3 Å². The second-order valence-electron chi connectivity index (χ2n) is 5.83. The highest BCUT2D eigenvalue weighted by atomic mass is 16.5. The van der Waals surface area contributed by atoms with Crippen molar-refractivity contribution in [3.63, 3.8) is 0 Å². The van der Waals surface area contributed by atoms with E-state index in [1.54, 1.807) is 14.2 Å². The number of hydrogen-bond donors (Lipinski definition) is 1. The Morgan fingerprint density at radius 1 is 0.960 bits per heavy atom. The highest BCUT2D eigenvalue weighted by Crippen LogP contribution is 2.29. The van der Waals surface area contributed by atoms with E-state index in [1.807, 2.05) is 67.6 Å². The van der Waals surface area contributed by atoms with Crippen molar-refractivity contribution in [2.24, 2.45) is 0 Å². The van der Waals surface area contributed by atoms with Gasteiger partial charge >= 0.3 is 0 Å². The van der Waals surface area contributed by atoms with Gasteiger partial charge in [0.1, 0.15) is 11.5 Å². The number of methoxy groups -OCH3 is 2. The fourth-order valence-corrected chi connectivity index (χ4v) is 2.95. The molecule has 0 heterocycles. The summed E-state index contributed by atoms with van der Waals surface area (Å²) in [5.74, 6) is 1.32. The smallest absolute Gasteiger partial charge is 0.252 e. The fraction of sp³-hybridized carbons (Fsp3) is 0.190. The fourth-order valence-electron chi connectivity index (χ4n) is 2.95. The highest BCUT2D eigenvalue weighted by Gasteiger charge is 2.17. The molecule has 0 aliphatic heterocycles. The Balaban J connectivity index is 1.90. The van der Waals surface area contributed by atoms with Gasteiger partial charge in [-0.2, -0.15) is 0 Å². The molecule has 0 aliphatic carbocycles. The molecule has 0 saturated carbocycles. The number of benzene rings is 3. The molecule has 4 heteroatoms. The maximum Gasteiger partial charge on any atom is 0.252 e. The monoisotopic (exact) mass is 335 g/mol. The van der Waals surface area contributed by atoms with Crippen molar-refractivity contribution in [2.45, 2.75) is 13.0 Å². The minimum atomic E-state index is -0.225. The normalized spacial score (nSPS) is 11.8. The van der Waals surface area contributed by atoms with Crippen LogP contribution in [0, 0.1) is 0 Å². The predicted octanol–water partition coefficient (Wildman–Crippen LogP) is 4.35. The first-order valence-corrected chi connectivity index (χ1v) is 8.14. The largest absolute Gasteiger partial charge is 0.497 e. The molecule has 3 rings (SSSR count). The summed E-state index contributed by atoms with van der Waals surface area (Å²) in [5.41, 5.74) is 1.53. The number of nitrogens with one attached hydrogen (secondary N) is 1. The Labute approximate surface area is 147 Å². The summed E-state index contributed by atoms with van der Waals surface area (Å²) in [6.45, 7) is 1.93. The van der Waals surface area contributed by atoms with Gasteiger partial charge in [-0.25, -0.2) is 0 Å². The molecule has 0 saturated heterocycles. The van der Waals surface area contributed by atoms with Crippen molar-refractivity contribution in [3.05, 3.63) is 71.8 Å². The molecule has 0 fully saturated rings. The molecule has 0 spiro atoms. The van der Waals surface area contributed by atoms with Gasteiger partial charge in [-0.3, -0.25) is 4.79 Å². The van der Waals surface area contributed by atoms with E-state index in [-0.39, 0.29) is 11.9 Å². The van der Waals surface area contributed by atoms with Gasteiger partial charge < -0.3 is 14.8 Å². The van der Waals surface area contributed by atoms with Crippen LogP contribution < -0.4 is 14.8 Å². The van der Waals surface area contributed by atoms with Crippen LogP contribution in [0.4, 0.5) is 0 Å². The molecule has 25 heavy (non-hydrogen) atoms. The lowest BCUT2D eigenvalue weighted by Crippen LogP contribution is -2.27. The first-order chi connectivity index (χ1) is 12.1. The molecule has 0 aromatic heterocycles. The topological polar surface area (TPSA) is 47.6 Å². The maximum atomic E-state index is 12.8. The van der Waals surface area contributed by atoms with Crippen LogP contribution in [0.2, 0.25) is 0 Å². The quantitative estimate of drug-likeness (QED) is 0.754. The van der Waals surface area contributed by atoms with Gasteiger partial charge in [-0.15, -0.1) is 0 Å². The van der Waals surface area contributed by atoms with Crippen LogP contribution in [0.1, 0.15) is 28.9 Å². The van der Waals surface area contributed by atoms with Gasteiger partial charge in [0.2, 0.25) is 0 Å². The van der Waals surface area contributed by atoms with Crippen molar-refractivity contribution < 1.29 is 14.3 Å². The van der Waals surface area contributed by atoms with E-state index in [4.69, 9.17) is 9.47 Å². The Morgan fingerprint density at radius 2 is 1.72 bits per heavy atom. The average Bonchev–Trinajstić information content (AvgIpc) is 2.66. The molecular formula is C21H21NO3. The van der Waals surface area contributed by atoms with Crippen LogP contribution in [-0.4, -0.2) is 20.1 Å². The van der Waals surface area contributed by atoms with Crippen molar-refractivity contribution in [1.29, 1.82) is 0 Å². The third kappa shape index (κ3) is 3.43.